The minimum atomic E-state index is -0.0645. The van der Waals surface area contributed by atoms with Crippen molar-refractivity contribution in [2.45, 2.75) is 6.04 Å². The van der Waals surface area contributed by atoms with Crippen LogP contribution in [0.2, 0.25) is 0 Å². The van der Waals surface area contributed by atoms with E-state index in [1.165, 1.54) is 0 Å². The van der Waals surface area contributed by atoms with E-state index in [4.69, 9.17) is 9.47 Å². The van der Waals surface area contributed by atoms with Crippen LogP contribution in [-0.2, 0) is 0 Å². The lowest BCUT2D eigenvalue weighted by molar-refractivity contribution is 0.169. The Labute approximate surface area is 111 Å². The summed E-state index contributed by atoms with van der Waals surface area (Å²) in [6, 6.07) is 5.83. The van der Waals surface area contributed by atoms with Gasteiger partial charge in [-0.25, -0.2) is 0 Å². The van der Waals surface area contributed by atoms with Gasteiger partial charge < -0.3 is 14.8 Å². The summed E-state index contributed by atoms with van der Waals surface area (Å²) >= 11 is 0. The van der Waals surface area contributed by atoms with Crippen LogP contribution in [0.5, 0.6) is 11.5 Å². The summed E-state index contributed by atoms with van der Waals surface area (Å²) in [5.74, 6) is 1.58. The largest absolute Gasteiger partial charge is 0.486 e. The molecule has 1 aliphatic heterocycles. The SMILES string of the molecule is CNC(c1cnccn1)c1cccc2c1OCCO2. The van der Waals surface area contributed by atoms with E-state index < -0.39 is 0 Å². The molecule has 0 saturated carbocycles. The summed E-state index contributed by atoms with van der Waals surface area (Å²) in [6.45, 7) is 1.16. The topological polar surface area (TPSA) is 56.3 Å². The summed E-state index contributed by atoms with van der Waals surface area (Å²) in [5.41, 5.74) is 1.87. The lowest BCUT2D eigenvalue weighted by atomic mass is 10.0. The maximum Gasteiger partial charge on any atom is 0.166 e. The van der Waals surface area contributed by atoms with Crippen molar-refractivity contribution in [1.29, 1.82) is 0 Å². The highest BCUT2D eigenvalue weighted by Crippen LogP contribution is 2.38. The zero-order chi connectivity index (χ0) is 13.1. The zero-order valence-electron chi connectivity index (χ0n) is 10.7. The Balaban J connectivity index is 2.05. The van der Waals surface area contributed by atoms with Gasteiger partial charge in [0.2, 0.25) is 0 Å². The molecule has 0 bridgehead atoms. The predicted octanol–water partition coefficient (Wildman–Crippen LogP) is 1.56. The van der Waals surface area contributed by atoms with Crippen molar-refractivity contribution in [2.75, 3.05) is 20.3 Å². The second-order valence-electron chi connectivity index (χ2n) is 4.22. The maximum absolute atomic E-state index is 5.75. The number of para-hydroxylation sites is 1. The summed E-state index contributed by atoms with van der Waals surface area (Å²) in [7, 11) is 1.89. The van der Waals surface area contributed by atoms with Gasteiger partial charge >= 0.3 is 0 Å². The van der Waals surface area contributed by atoms with E-state index in [2.05, 4.69) is 15.3 Å². The standard InChI is InChI=1S/C14H15N3O2/c1-15-13(11-9-16-5-6-17-11)10-3-2-4-12-14(10)19-8-7-18-12/h2-6,9,13,15H,7-8H2,1H3. The third-order valence-electron chi connectivity index (χ3n) is 3.08. The maximum atomic E-state index is 5.75. The van der Waals surface area contributed by atoms with Crippen LogP contribution in [0.15, 0.2) is 36.8 Å². The first-order valence-corrected chi connectivity index (χ1v) is 6.22. The Bertz CT molecular complexity index is 560. The van der Waals surface area contributed by atoms with E-state index in [-0.39, 0.29) is 6.04 Å². The van der Waals surface area contributed by atoms with Crippen LogP contribution < -0.4 is 14.8 Å². The molecule has 0 fully saturated rings. The van der Waals surface area contributed by atoms with Crippen LogP contribution in [0.25, 0.3) is 0 Å². The second kappa shape index (κ2) is 5.24. The Morgan fingerprint density at radius 3 is 2.89 bits per heavy atom. The van der Waals surface area contributed by atoms with Gasteiger partial charge in [-0.2, -0.15) is 0 Å². The van der Waals surface area contributed by atoms with Crippen molar-refractivity contribution >= 4 is 0 Å². The average Bonchev–Trinajstić information content (AvgIpc) is 2.49. The molecule has 0 saturated heterocycles. The fourth-order valence-corrected chi connectivity index (χ4v) is 2.25. The summed E-state index contributed by atoms with van der Waals surface area (Å²) < 4.78 is 11.4. The van der Waals surface area contributed by atoms with E-state index in [1.54, 1.807) is 18.6 Å². The van der Waals surface area contributed by atoms with Gasteiger partial charge in [-0.05, 0) is 13.1 Å². The minimum absolute atomic E-state index is 0.0645. The normalized spacial score (nSPS) is 15.0. The number of nitrogens with zero attached hydrogens (tertiary/aromatic N) is 2. The Hall–Kier alpha value is -2.14. The van der Waals surface area contributed by atoms with Crippen molar-refractivity contribution in [2.24, 2.45) is 0 Å². The third kappa shape index (κ3) is 2.24. The van der Waals surface area contributed by atoms with Crippen molar-refractivity contribution in [3.05, 3.63) is 48.0 Å². The van der Waals surface area contributed by atoms with E-state index in [1.807, 2.05) is 25.2 Å². The van der Waals surface area contributed by atoms with E-state index >= 15 is 0 Å². The zero-order valence-corrected chi connectivity index (χ0v) is 10.7. The lowest BCUT2D eigenvalue weighted by Gasteiger charge is -2.24. The number of hydrogen-bond donors (Lipinski definition) is 1. The Morgan fingerprint density at radius 1 is 1.21 bits per heavy atom. The molecule has 0 aliphatic carbocycles. The van der Waals surface area contributed by atoms with Gasteiger partial charge in [0.25, 0.3) is 0 Å². The average molecular weight is 257 g/mol. The fourth-order valence-electron chi connectivity index (χ4n) is 2.25. The smallest absolute Gasteiger partial charge is 0.166 e. The molecule has 1 aromatic heterocycles. The molecule has 1 aromatic carbocycles. The van der Waals surface area contributed by atoms with Gasteiger partial charge in [0.05, 0.1) is 17.9 Å². The van der Waals surface area contributed by atoms with Crippen LogP contribution in [0.3, 0.4) is 0 Å². The van der Waals surface area contributed by atoms with Crippen LogP contribution in [0.1, 0.15) is 17.3 Å². The van der Waals surface area contributed by atoms with Gasteiger partial charge in [0.1, 0.15) is 13.2 Å². The first kappa shape index (κ1) is 11.9. The highest BCUT2D eigenvalue weighted by Gasteiger charge is 2.23. The van der Waals surface area contributed by atoms with Crippen LogP contribution in [-0.4, -0.2) is 30.2 Å². The van der Waals surface area contributed by atoms with E-state index in [0.29, 0.717) is 13.2 Å². The van der Waals surface area contributed by atoms with Crippen molar-refractivity contribution in [3.8, 4) is 11.5 Å². The fraction of sp³-hybridized carbons (Fsp3) is 0.286. The molecule has 2 heterocycles. The molecule has 0 radical (unpaired) electrons. The minimum Gasteiger partial charge on any atom is -0.486 e. The number of hydrogen-bond acceptors (Lipinski definition) is 5. The molecular formula is C14H15N3O2. The highest BCUT2D eigenvalue weighted by atomic mass is 16.6. The molecule has 1 atom stereocenters. The molecule has 0 spiro atoms. The molecule has 5 heteroatoms. The van der Waals surface area contributed by atoms with Gasteiger partial charge in [-0.3, -0.25) is 9.97 Å². The summed E-state index contributed by atoms with van der Waals surface area (Å²) in [5, 5.41) is 3.25. The number of benzene rings is 1. The monoisotopic (exact) mass is 257 g/mol. The number of nitrogens with one attached hydrogen (secondary N) is 1. The molecule has 0 amide bonds. The van der Waals surface area contributed by atoms with Crippen molar-refractivity contribution < 1.29 is 9.47 Å². The Morgan fingerprint density at radius 2 is 2.11 bits per heavy atom. The molecule has 2 aromatic rings. The molecule has 5 nitrogen and oxygen atoms in total. The number of fused-ring (bicyclic) bond motifs is 1. The first-order valence-electron chi connectivity index (χ1n) is 6.22. The quantitative estimate of drug-likeness (QED) is 0.904. The van der Waals surface area contributed by atoms with Gasteiger partial charge in [0, 0.05) is 18.0 Å². The van der Waals surface area contributed by atoms with Crippen molar-refractivity contribution in [3.63, 3.8) is 0 Å². The molecule has 1 N–H and O–H groups in total. The van der Waals surface area contributed by atoms with Gasteiger partial charge in [-0.1, -0.05) is 12.1 Å². The highest BCUT2D eigenvalue weighted by molar-refractivity contribution is 5.50. The first-order chi connectivity index (χ1) is 9.40. The van der Waals surface area contributed by atoms with Crippen molar-refractivity contribution in [1.82, 2.24) is 15.3 Å². The van der Waals surface area contributed by atoms with E-state index in [9.17, 15) is 0 Å². The Kier molecular flexibility index (Phi) is 3.29. The summed E-state index contributed by atoms with van der Waals surface area (Å²) in [4.78, 5) is 8.47. The number of ether oxygens (including phenoxy) is 2. The molecular weight excluding hydrogens is 242 g/mol. The summed E-state index contributed by atoms with van der Waals surface area (Å²) in [6.07, 6.45) is 5.10. The number of aromatic nitrogens is 2. The molecule has 1 unspecified atom stereocenters. The van der Waals surface area contributed by atoms with Gasteiger partial charge in [-0.15, -0.1) is 0 Å². The third-order valence-corrected chi connectivity index (χ3v) is 3.08. The number of rotatable bonds is 3. The van der Waals surface area contributed by atoms with Crippen LogP contribution >= 0.6 is 0 Å². The van der Waals surface area contributed by atoms with E-state index in [0.717, 1.165) is 22.8 Å². The molecule has 98 valence electrons. The predicted molar refractivity (Wildman–Crippen MR) is 70.4 cm³/mol. The lowest BCUT2D eigenvalue weighted by Crippen LogP contribution is -2.23. The van der Waals surface area contributed by atoms with Gasteiger partial charge in [0.15, 0.2) is 11.5 Å². The van der Waals surface area contributed by atoms with Crippen LogP contribution in [0.4, 0.5) is 0 Å². The molecule has 19 heavy (non-hydrogen) atoms. The van der Waals surface area contributed by atoms with Crippen LogP contribution in [0, 0.1) is 0 Å². The second-order valence-corrected chi connectivity index (χ2v) is 4.22. The molecule has 1 aliphatic rings. The molecule has 3 rings (SSSR count).